The summed E-state index contributed by atoms with van der Waals surface area (Å²) in [6.07, 6.45) is 0.0949. The van der Waals surface area contributed by atoms with Gasteiger partial charge < -0.3 is 23.7 Å². The van der Waals surface area contributed by atoms with E-state index in [-0.39, 0.29) is 23.7 Å². The summed E-state index contributed by atoms with van der Waals surface area (Å²) in [5, 5.41) is 0. The first-order valence-electron chi connectivity index (χ1n) is 12.6. The van der Waals surface area contributed by atoms with E-state index < -0.39 is 23.8 Å². The second-order valence-corrected chi connectivity index (χ2v) is 10.8. The van der Waals surface area contributed by atoms with Crippen LogP contribution in [0.2, 0.25) is 0 Å². The van der Waals surface area contributed by atoms with E-state index in [1.54, 1.807) is 19.1 Å². The molecule has 0 aliphatic carbocycles. The van der Waals surface area contributed by atoms with Crippen molar-refractivity contribution in [2.24, 2.45) is 5.92 Å². The molecule has 200 valence electrons. The zero-order chi connectivity index (χ0) is 26.8. The maximum Gasteiger partial charge on any atom is 0.340 e. The molecule has 0 aromatic heterocycles. The van der Waals surface area contributed by atoms with Crippen molar-refractivity contribution in [1.82, 2.24) is 0 Å². The summed E-state index contributed by atoms with van der Waals surface area (Å²) in [4.78, 5) is 25.6. The molecular weight excluding hydrogens is 448 g/mol. The standard InChI is InChI=1S/C28H46O7/c1-11-28(9,10)35-26(30)23-16-22(17-24(18-23)27(6,7)8)25(29)34-21(5)33-15-13-31-12-14-32-20(4)19(2)3/h16-21H,11-15H2,1-10H3. The van der Waals surface area contributed by atoms with Gasteiger partial charge in [0, 0.05) is 0 Å². The van der Waals surface area contributed by atoms with Crippen molar-refractivity contribution in [2.45, 2.75) is 99.1 Å². The monoisotopic (exact) mass is 494 g/mol. The molecule has 7 heteroatoms. The average Bonchev–Trinajstić information content (AvgIpc) is 2.76. The van der Waals surface area contributed by atoms with Crippen molar-refractivity contribution in [3.63, 3.8) is 0 Å². The van der Waals surface area contributed by atoms with Crippen LogP contribution in [-0.2, 0) is 29.1 Å². The van der Waals surface area contributed by atoms with Crippen LogP contribution in [-0.4, -0.2) is 56.4 Å². The molecule has 1 aromatic rings. The highest BCUT2D eigenvalue weighted by molar-refractivity contribution is 5.96. The summed E-state index contributed by atoms with van der Waals surface area (Å²) < 4.78 is 27.8. The van der Waals surface area contributed by atoms with Gasteiger partial charge in [0.05, 0.1) is 43.7 Å². The average molecular weight is 495 g/mol. The van der Waals surface area contributed by atoms with Gasteiger partial charge in [-0.25, -0.2) is 9.59 Å². The lowest BCUT2D eigenvalue weighted by molar-refractivity contribution is -0.112. The zero-order valence-electron chi connectivity index (χ0n) is 23.4. The van der Waals surface area contributed by atoms with Gasteiger partial charge in [-0.05, 0) is 69.2 Å². The quantitative estimate of drug-likeness (QED) is 0.180. The molecule has 0 saturated heterocycles. The molecule has 2 unspecified atom stereocenters. The maximum absolute atomic E-state index is 12.8. The highest BCUT2D eigenvalue weighted by Crippen LogP contribution is 2.27. The Labute approximate surface area is 211 Å². The number of hydrogen-bond donors (Lipinski definition) is 0. The Hall–Kier alpha value is -1.96. The number of rotatable bonds is 14. The second kappa shape index (κ2) is 14.0. The molecule has 7 nitrogen and oxygen atoms in total. The molecule has 0 fully saturated rings. The van der Waals surface area contributed by atoms with E-state index in [4.69, 9.17) is 23.7 Å². The number of hydrogen-bond acceptors (Lipinski definition) is 7. The smallest absolute Gasteiger partial charge is 0.340 e. The van der Waals surface area contributed by atoms with Gasteiger partial charge in [-0.15, -0.1) is 0 Å². The van der Waals surface area contributed by atoms with Crippen LogP contribution in [0.15, 0.2) is 18.2 Å². The summed E-state index contributed by atoms with van der Waals surface area (Å²) in [6.45, 7) is 21.3. The highest BCUT2D eigenvalue weighted by Gasteiger charge is 2.25. The normalized spacial score (nSPS) is 14.0. The molecule has 0 N–H and O–H groups in total. The molecule has 0 aliphatic rings. The topological polar surface area (TPSA) is 80.3 Å². The predicted octanol–water partition coefficient (Wildman–Crippen LogP) is 5.93. The third-order valence-corrected chi connectivity index (χ3v) is 5.89. The van der Waals surface area contributed by atoms with E-state index >= 15 is 0 Å². The van der Waals surface area contributed by atoms with E-state index in [9.17, 15) is 9.59 Å². The van der Waals surface area contributed by atoms with Crippen molar-refractivity contribution in [3.8, 4) is 0 Å². The summed E-state index contributed by atoms with van der Waals surface area (Å²) in [6, 6.07) is 5.03. The number of carbonyl (C=O) groups is 2. The van der Waals surface area contributed by atoms with Crippen LogP contribution in [0, 0.1) is 5.92 Å². The van der Waals surface area contributed by atoms with E-state index in [0.717, 1.165) is 5.56 Å². The van der Waals surface area contributed by atoms with Crippen LogP contribution in [0.4, 0.5) is 0 Å². The van der Waals surface area contributed by atoms with Crippen LogP contribution in [0.3, 0.4) is 0 Å². The van der Waals surface area contributed by atoms with Gasteiger partial charge in [0.25, 0.3) is 0 Å². The lowest BCUT2D eigenvalue weighted by atomic mass is 9.85. The minimum atomic E-state index is -0.768. The Morgan fingerprint density at radius 2 is 1.34 bits per heavy atom. The summed E-state index contributed by atoms with van der Waals surface area (Å²) in [5.41, 5.74) is 0.563. The molecule has 35 heavy (non-hydrogen) atoms. The lowest BCUT2D eigenvalue weighted by Crippen LogP contribution is -2.27. The summed E-state index contributed by atoms with van der Waals surface area (Å²) in [7, 11) is 0. The third-order valence-electron chi connectivity index (χ3n) is 5.89. The lowest BCUT2D eigenvalue weighted by Gasteiger charge is -2.25. The largest absolute Gasteiger partial charge is 0.456 e. The van der Waals surface area contributed by atoms with Crippen LogP contribution < -0.4 is 0 Å². The van der Waals surface area contributed by atoms with Gasteiger partial charge in [0.15, 0.2) is 0 Å². The predicted molar refractivity (Wildman–Crippen MR) is 137 cm³/mol. The van der Waals surface area contributed by atoms with E-state index in [1.807, 2.05) is 48.5 Å². The highest BCUT2D eigenvalue weighted by atomic mass is 16.7. The van der Waals surface area contributed by atoms with Crippen molar-refractivity contribution < 1.29 is 33.3 Å². The Morgan fingerprint density at radius 3 is 1.86 bits per heavy atom. The number of carbonyl (C=O) groups excluding carboxylic acids is 2. The molecule has 0 spiro atoms. The number of benzene rings is 1. The van der Waals surface area contributed by atoms with E-state index in [2.05, 4.69) is 13.8 Å². The van der Waals surface area contributed by atoms with Gasteiger partial charge in [-0.1, -0.05) is 41.5 Å². The van der Waals surface area contributed by atoms with Crippen molar-refractivity contribution in [3.05, 3.63) is 34.9 Å². The van der Waals surface area contributed by atoms with Crippen molar-refractivity contribution in [2.75, 3.05) is 26.4 Å². The summed E-state index contributed by atoms with van der Waals surface area (Å²) >= 11 is 0. The molecular formula is C28H46O7. The molecule has 2 atom stereocenters. The van der Waals surface area contributed by atoms with Gasteiger partial charge in [-0.3, -0.25) is 0 Å². The summed E-state index contributed by atoms with van der Waals surface area (Å²) in [5.74, 6) is -0.572. The first kappa shape index (κ1) is 31.1. The Kier molecular flexibility index (Phi) is 12.4. The van der Waals surface area contributed by atoms with Crippen LogP contribution in [0.1, 0.15) is 102 Å². The fraction of sp³-hybridized carbons (Fsp3) is 0.714. The molecule has 0 aliphatic heterocycles. The second-order valence-electron chi connectivity index (χ2n) is 10.8. The van der Waals surface area contributed by atoms with Gasteiger partial charge in [0.1, 0.15) is 5.60 Å². The molecule has 1 rings (SSSR count). The van der Waals surface area contributed by atoms with E-state index in [1.165, 1.54) is 6.07 Å². The van der Waals surface area contributed by atoms with Crippen molar-refractivity contribution in [1.29, 1.82) is 0 Å². The molecule has 1 aromatic carbocycles. The number of ether oxygens (including phenoxy) is 5. The first-order chi connectivity index (χ1) is 16.2. The Bertz CT molecular complexity index is 808. The van der Waals surface area contributed by atoms with Crippen LogP contribution in [0.25, 0.3) is 0 Å². The molecule has 0 saturated carbocycles. The Morgan fingerprint density at radius 1 is 0.800 bits per heavy atom. The van der Waals surface area contributed by atoms with Crippen molar-refractivity contribution >= 4 is 11.9 Å². The molecule has 0 amide bonds. The van der Waals surface area contributed by atoms with Gasteiger partial charge in [0.2, 0.25) is 6.29 Å². The fourth-order valence-corrected chi connectivity index (χ4v) is 2.79. The first-order valence-corrected chi connectivity index (χ1v) is 12.6. The van der Waals surface area contributed by atoms with Gasteiger partial charge in [-0.2, -0.15) is 0 Å². The SMILES string of the molecule is CCC(C)(C)OC(=O)c1cc(C(=O)OC(C)OCCOCCOC(C)C(C)C)cc(C(C)(C)C)c1. The molecule has 0 radical (unpaired) electrons. The minimum absolute atomic E-state index is 0.187. The fourth-order valence-electron chi connectivity index (χ4n) is 2.79. The number of esters is 2. The zero-order valence-corrected chi connectivity index (χ0v) is 23.4. The van der Waals surface area contributed by atoms with Crippen LogP contribution in [0.5, 0.6) is 0 Å². The molecule has 0 heterocycles. The Balaban J connectivity index is 2.69. The third kappa shape index (κ3) is 11.5. The minimum Gasteiger partial charge on any atom is -0.456 e. The van der Waals surface area contributed by atoms with Gasteiger partial charge >= 0.3 is 11.9 Å². The van der Waals surface area contributed by atoms with E-state index in [0.29, 0.717) is 37.7 Å². The van der Waals surface area contributed by atoms with Crippen LogP contribution >= 0.6 is 0 Å². The maximum atomic E-state index is 12.8. The molecule has 0 bridgehead atoms.